The molecule has 2 heterocycles. The van der Waals surface area contributed by atoms with Crippen LogP contribution in [0.5, 0.6) is 0 Å². The molecule has 0 atom stereocenters. The first-order valence-corrected chi connectivity index (χ1v) is 8.81. The van der Waals surface area contributed by atoms with Crippen LogP contribution in [-0.4, -0.2) is 9.55 Å². The molecule has 0 saturated heterocycles. The maximum absolute atomic E-state index is 14.0. The van der Waals surface area contributed by atoms with E-state index < -0.39 is 23.1 Å². The molecule has 0 saturated carbocycles. The van der Waals surface area contributed by atoms with Gasteiger partial charge in [-0.15, -0.1) is 0 Å². The maximum Gasteiger partial charge on any atom is 0.416 e. The van der Waals surface area contributed by atoms with E-state index in [1.54, 1.807) is 18.2 Å². The van der Waals surface area contributed by atoms with E-state index in [1.165, 1.54) is 10.6 Å². The molecule has 0 radical (unpaired) electrons. The molecule has 8 heteroatoms. The lowest BCUT2D eigenvalue weighted by Gasteiger charge is -2.09. The van der Waals surface area contributed by atoms with Crippen molar-refractivity contribution in [2.24, 2.45) is 0 Å². The van der Waals surface area contributed by atoms with Crippen LogP contribution >= 0.6 is 15.9 Å². The summed E-state index contributed by atoms with van der Waals surface area (Å²) < 4.78 is 55.0. The maximum atomic E-state index is 14.0. The van der Waals surface area contributed by atoms with Gasteiger partial charge in [-0.05, 0) is 54.5 Å². The fraction of sp³-hybridized carbons (Fsp3) is 0.158. The Labute approximate surface area is 159 Å². The summed E-state index contributed by atoms with van der Waals surface area (Å²) in [5.74, 6) is -0.169. The van der Waals surface area contributed by atoms with Gasteiger partial charge < -0.3 is 0 Å². The van der Waals surface area contributed by atoms with E-state index >= 15 is 0 Å². The Morgan fingerprint density at radius 1 is 1.15 bits per heavy atom. The van der Waals surface area contributed by atoms with E-state index in [9.17, 15) is 22.4 Å². The Morgan fingerprint density at radius 2 is 1.93 bits per heavy atom. The minimum atomic E-state index is -4.52. The number of nitrogens with zero attached hydrogens (tertiary/aromatic N) is 2. The quantitative estimate of drug-likeness (QED) is 0.485. The number of allylic oxidation sites excluding steroid dienone is 1. The summed E-state index contributed by atoms with van der Waals surface area (Å²) in [6, 6.07) is 7.35. The highest BCUT2D eigenvalue weighted by atomic mass is 79.9. The molecule has 1 aromatic heterocycles. The van der Waals surface area contributed by atoms with Crippen LogP contribution in [0.25, 0.3) is 22.6 Å². The van der Waals surface area contributed by atoms with Crippen molar-refractivity contribution >= 4 is 38.5 Å². The van der Waals surface area contributed by atoms with Crippen molar-refractivity contribution in [2.75, 3.05) is 0 Å². The van der Waals surface area contributed by atoms with Gasteiger partial charge in [0.2, 0.25) is 0 Å². The van der Waals surface area contributed by atoms with Crippen molar-refractivity contribution in [3.8, 4) is 0 Å². The third-order valence-electron chi connectivity index (χ3n) is 4.46. The number of hydrogen-bond donors (Lipinski definition) is 0. The van der Waals surface area contributed by atoms with Crippen LogP contribution in [0.3, 0.4) is 0 Å². The monoisotopic (exact) mass is 438 g/mol. The van der Waals surface area contributed by atoms with Crippen molar-refractivity contribution < 1.29 is 17.6 Å². The summed E-state index contributed by atoms with van der Waals surface area (Å²) in [5, 5.41) is 0.127. The molecule has 138 valence electrons. The third-order valence-corrected chi connectivity index (χ3v) is 4.96. The molecule has 0 bridgehead atoms. The highest BCUT2D eigenvalue weighted by Gasteiger charge is 2.31. The van der Waals surface area contributed by atoms with E-state index in [-0.39, 0.29) is 16.7 Å². The molecule has 3 aromatic rings. The lowest BCUT2D eigenvalue weighted by atomic mass is 10.1. The van der Waals surface area contributed by atoms with Crippen molar-refractivity contribution in [3.05, 3.63) is 74.0 Å². The number of benzene rings is 2. The molecule has 0 aliphatic carbocycles. The largest absolute Gasteiger partial charge is 0.416 e. The number of aromatic nitrogens is 2. The van der Waals surface area contributed by atoms with Crippen LogP contribution in [0.1, 0.15) is 23.4 Å². The van der Waals surface area contributed by atoms with Gasteiger partial charge in [0, 0.05) is 16.6 Å². The van der Waals surface area contributed by atoms with Crippen LogP contribution < -0.4 is 5.56 Å². The molecule has 4 rings (SSSR count). The molecule has 0 amide bonds. The molecular weight excluding hydrogens is 428 g/mol. The predicted octanol–water partition coefficient (Wildman–Crippen LogP) is 5.26. The summed E-state index contributed by atoms with van der Waals surface area (Å²) >= 11 is 3.27. The van der Waals surface area contributed by atoms with Crippen LogP contribution in [0.2, 0.25) is 0 Å². The molecule has 27 heavy (non-hydrogen) atoms. The van der Waals surface area contributed by atoms with Gasteiger partial charge >= 0.3 is 6.18 Å². The summed E-state index contributed by atoms with van der Waals surface area (Å²) in [4.78, 5) is 16.9. The minimum Gasteiger partial charge on any atom is -0.292 e. The van der Waals surface area contributed by atoms with Crippen molar-refractivity contribution in [2.45, 2.75) is 19.1 Å². The van der Waals surface area contributed by atoms with Gasteiger partial charge in [0.25, 0.3) is 5.56 Å². The number of halogens is 5. The van der Waals surface area contributed by atoms with E-state index in [2.05, 4.69) is 20.9 Å². The number of fused-ring (bicyclic) bond motifs is 2. The second kappa shape index (κ2) is 6.30. The Balaban J connectivity index is 1.90. The molecule has 2 aromatic carbocycles. The Morgan fingerprint density at radius 3 is 2.67 bits per heavy atom. The fourth-order valence-corrected chi connectivity index (χ4v) is 3.52. The molecule has 0 N–H and O–H groups in total. The smallest absolute Gasteiger partial charge is 0.292 e. The molecule has 3 nitrogen and oxygen atoms in total. The van der Waals surface area contributed by atoms with Crippen molar-refractivity contribution in [3.63, 3.8) is 0 Å². The van der Waals surface area contributed by atoms with Gasteiger partial charge in [-0.3, -0.25) is 9.36 Å². The second-order valence-electron chi connectivity index (χ2n) is 6.21. The Bertz CT molecular complexity index is 1160. The van der Waals surface area contributed by atoms with Gasteiger partial charge in [-0.2, -0.15) is 13.2 Å². The first kappa shape index (κ1) is 17.9. The zero-order valence-corrected chi connectivity index (χ0v) is 15.2. The Kier molecular flexibility index (Phi) is 4.18. The zero-order valence-electron chi connectivity index (χ0n) is 13.6. The molecule has 0 spiro atoms. The normalized spacial score (nSPS) is 15.5. The predicted molar refractivity (Wildman–Crippen MR) is 97.6 cm³/mol. The highest BCUT2D eigenvalue weighted by molar-refractivity contribution is 9.10. The lowest BCUT2D eigenvalue weighted by Crippen LogP contribution is -2.21. The van der Waals surface area contributed by atoms with E-state index in [1.807, 2.05) is 0 Å². The van der Waals surface area contributed by atoms with Gasteiger partial charge in [0.05, 0.1) is 16.5 Å². The van der Waals surface area contributed by atoms with Crippen LogP contribution in [0, 0.1) is 5.82 Å². The molecule has 1 aliphatic heterocycles. The van der Waals surface area contributed by atoms with Crippen molar-refractivity contribution in [1.82, 2.24) is 9.55 Å². The van der Waals surface area contributed by atoms with Gasteiger partial charge in [0.15, 0.2) is 0 Å². The number of hydrogen-bond acceptors (Lipinski definition) is 2. The summed E-state index contributed by atoms with van der Waals surface area (Å²) in [7, 11) is 0. The molecular formula is C19H11BrF4N2O. The highest BCUT2D eigenvalue weighted by Crippen LogP contribution is 2.32. The summed E-state index contributed by atoms with van der Waals surface area (Å²) in [6.07, 6.45) is -2.51. The van der Waals surface area contributed by atoms with Crippen LogP contribution in [0.4, 0.5) is 17.6 Å². The molecule has 0 fully saturated rings. The van der Waals surface area contributed by atoms with Crippen LogP contribution in [-0.2, 0) is 12.7 Å². The van der Waals surface area contributed by atoms with Crippen molar-refractivity contribution in [1.29, 1.82) is 0 Å². The van der Waals surface area contributed by atoms with Crippen LogP contribution in [0.15, 0.2) is 45.7 Å². The average molecular weight is 439 g/mol. The SMILES string of the molecule is O=c1c2ccc(C(F)(F)F)cc2nc2n1CC/C2=C\c1cc(Br)ccc1F. The topological polar surface area (TPSA) is 34.9 Å². The first-order chi connectivity index (χ1) is 12.7. The summed E-state index contributed by atoms with van der Waals surface area (Å²) in [6.45, 7) is 0.347. The third kappa shape index (κ3) is 3.18. The van der Waals surface area contributed by atoms with E-state index in [0.29, 0.717) is 28.6 Å². The summed E-state index contributed by atoms with van der Waals surface area (Å²) in [5.41, 5.74) is -0.381. The van der Waals surface area contributed by atoms with Gasteiger partial charge in [-0.25, -0.2) is 9.37 Å². The van der Waals surface area contributed by atoms with Gasteiger partial charge in [-0.1, -0.05) is 15.9 Å². The zero-order chi connectivity index (χ0) is 19.3. The number of alkyl halides is 3. The average Bonchev–Trinajstić information content (AvgIpc) is 3.00. The molecule has 0 unspecified atom stereocenters. The standard InChI is InChI=1S/C19H11BrF4N2O/c20-13-2-4-15(21)11(8-13)7-10-5-6-26-17(10)25-16-9-12(19(22,23)24)1-3-14(16)18(26)27/h1-4,7-9H,5-6H2/b10-7+. The first-order valence-electron chi connectivity index (χ1n) is 8.02. The second-order valence-corrected chi connectivity index (χ2v) is 7.12. The Hall–Kier alpha value is -2.48. The van der Waals surface area contributed by atoms with Gasteiger partial charge in [0.1, 0.15) is 11.6 Å². The fourth-order valence-electron chi connectivity index (χ4n) is 3.14. The minimum absolute atomic E-state index is 0.0245. The lowest BCUT2D eigenvalue weighted by molar-refractivity contribution is -0.137. The van der Waals surface area contributed by atoms with E-state index in [0.717, 1.165) is 18.2 Å². The molecule has 1 aliphatic rings. The van der Waals surface area contributed by atoms with E-state index in [4.69, 9.17) is 0 Å². The number of rotatable bonds is 1.